The van der Waals surface area contributed by atoms with Crippen LogP contribution in [0.2, 0.25) is 0 Å². The summed E-state index contributed by atoms with van der Waals surface area (Å²) in [5.74, 6) is 0. The molecule has 0 aliphatic carbocycles. The third-order valence-corrected chi connectivity index (χ3v) is 4.43. The van der Waals surface area contributed by atoms with Gasteiger partial charge in [-0.1, -0.05) is 54.6 Å². The fraction of sp³-hybridized carbons (Fsp3) is 0.174. The highest BCUT2D eigenvalue weighted by Crippen LogP contribution is 2.34. The number of aryl methyl sites for hydroxylation is 2. The Morgan fingerprint density at radius 1 is 0.875 bits per heavy atom. The largest absolute Gasteiger partial charge is 0.248 e. The van der Waals surface area contributed by atoms with Crippen molar-refractivity contribution in [2.24, 2.45) is 0 Å². The van der Waals surface area contributed by atoms with Crippen molar-refractivity contribution < 1.29 is 0 Å². The van der Waals surface area contributed by atoms with E-state index in [1.165, 1.54) is 27.6 Å². The summed E-state index contributed by atoms with van der Waals surface area (Å²) >= 11 is 0. The van der Waals surface area contributed by atoms with Crippen molar-refractivity contribution in [2.75, 3.05) is 0 Å². The summed E-state index contributed by atoms with van der Waals surface area (Å²) in [4.78, 5) is 4.92. The molecule has 2 aromatic carbocycles. The quantitative estimate of drug-likeness (QED) is 0.503. The molecule has 1 nitrogen and oxygen atoms in total. The fourth-order valence-corrected chi connectivity index (χ4v) is 3.21. The predicted molar refractivity (Wildman–Crippen MR) is 105 cm³/mol. The second kappa shape index (κ2) is 6.84. The van der Waals surface area contributed by atoms with Crippen LogP contribution in [0.4, 0.5) is 0 Å². The first-order valence-electron chi connectivity index (χ1n) is 8.41. The highest BCUT2D eigenvalue weighted by molar-refractivity contribution is 5.99. The van der Waals surface area contributed by atoms with E-state index in [4.69, 9.17) is 4.98 Å². The zero-order valence-corrected chi connectivity index (χ0v) is 14.8. The van der Waals surface area contributed by atoms with Gasteiger partial charge in [-0.3, -0.25) is 0 Å². The van der Waals surface area contributed by atoms with E-state index in [0.717, 1.165) is 16.8 Å². The normalized spacial score (nSPS) is 12.2. The van der Waals surface area contributed by atoms with E-state index >= 15 is 0 Å². The van der Waals surface area contributed by atoms with Crippen LogP contribution in [-0.4, -0.2) is 4.98 Å². The van der Waals surface area contributed by atoms with Crippen LogP contribution < -0.4 is 0 Å². The Bertz CT molecular complexity index is 945. The summed E-state index contributed by atoms with van der Waals surface area (Å²) in [5.41, 5.74) is 8.30. The molecule has 0 saturated heterocycles. The van der Waals surface area contributed by atoms with E-state index < -0.39 is 0 Å². The number of nitrogens with zero attached hydrogens (tertiary/aromatic N) is 1. The predicted octanol–water partition coefficient (Wildman–Crippen LogP) is 6.50. The number of allylic oxidation sites excluding steroid dienone is 4. The number of hydrogen-bond acceptors (Lipinski definition) is 1. The molecular weight excluding hydrogens is 290 g/mol. The molecule has 24 heavy (non-hydrogen) atoms. The van der Waals surface area contributed by atoms with E-state index in [9.17, 15) is 0 Å². The van der Waals surface area contributed by atoms with Crippen molar-refractivity contribution >= 4 is 16.5 Å². The van der Waals surface area contributed by atoms with Crippen LogP contribution in [-0.2, 0) is 0 Å². The highest BCUT2D eigenvalue weighted by Gasteiger charge is 2.12. The Kier molecular flexibility index (Phi) is 4.61. The Balaban J connectivity index is 2.40. The van der Waals surface area contributed by atoms with Gasteiger partial charge in [0.05, 0.1) is 11.2 Å². The van der Waals surface area contributed by atoms with Gasteiger partial charge in [0, 0.05) is 5.39 Å². The summed E-state index contributed by atoms with van der Waals surface area (Å²) in [7, 11) is 0. The van der Waals surface area contributed by atoms with E-state index in [2.05, 4.69) is 87.5 Å². The van der Waals surface area contributed by atoms with Crippen molar-refractivity contribution in [1.82, 2.24) is 4.98 Å². The molecule has 0 unspecified atom stereocenters. The molecular formula is C23H23N. The van der Waals surface area contributed by atoms with Gasteiger partial charge in [0.25, 0.3) is 0 Å². The van der Waals surface area contributed by atoms with Gasteiger partial charge in [0.1, 0.15) is 0 Å². The average molecular weight is 313 g/mol. The molecule has 3 rings (SSSR count). The Morgan fingerprint density at radius 2 is 1.62 bits per heavy atom. The third kappa shape index (κ3) is 2.90. The van der Waals surface area contributed by atoms with Gasteiger partial charge in [-0.2, -0.15) is 0 Å². The third-order valence-electron chi connectivity index (χ3n) is 4.43. The van der Waals surface area contributed by atoms with Gasteiger partial charge in [-0.05, 0) is 67.7 Å². The lowest BCUT2D eigenvalue weighted by Crippen LogP contribution is -1.95. The van der Waals surface area contributed by atoms with Gasteiger partial charge < -0.3 is 0 Å². The van der Waals surface area contributed by atoms with Gasteiger partial charge >= 0.3 is 0 Å². The first-order valence-corrected chi connectivity index (χ1v) is 8.41. The first-order chi connectivity index (χ1) is 11.7. The Labute approximate surface area is 144 Å². The highest BCUT2D eigenvalue weighted by atomic mass is 14.7. The average Bonchev–Trinajstić information content (AvgIpc) is 2.59. The second-order valence-electron chi connectivity index (χ2n) is 6.08. The van der Waals surface area contributed by atoms with E-state index in [-0.39, 0.29) is 0 Å². The molecule has 0 aliphatic heterocycles. The molecule has 0 aliphatic rings. The lowest BCUT2D eigenvalue weighted by atomic mass is 9.93. The molecule has 120 valence electrons. The van der Waals surface area contributed by atoms with Crippen LogP contribution >= 0.6 is 0 Å². The molecule has 0 spiro atoms. The van der Waals surface area contributed by atoms with Crippen LogP contribution in [0.5, 0.6) is 0 Å². The minimum Gasteiger partial charge on any atom is -0.248 e. The summed E-state index contributed by atoms with van der Waals surface area (Å²) in [6.45, 7) is 8.43. The molecule has 0 amide bonds. The smallest absolute Gasteiger partial charge is 0.0718 e. The first kappa shape index (κ1) is 16.2. The van der Waals surface area contributed by atoms with E-state index in [0.29, 0.717) is 0 Å². The number of benzene rings is 2. The summed E-state index contributed by atoms with van der Waals surface area (Å²) < 4.78 is 0. The molecule has 0 N–H and O–H groups in total. The Morgan fingerprint density at radius 3 is 2.33 bits per heavy atom. The molecule has 0 saturated carbocycles. The van der Waals surface area contributed by atoms with Gasteiger partial charge in [0.2, 0.25) is 0 Å². The number of aromatic nitrogens is 1. The summed E-state index contributed by atoms with van der Waals surface area (Å²) in [6.07, 6.45) is 6.29. The topological polar surface area (TPSA) is 12.9 Å². The van der Waals surface area contributed by atoms with Crippen LogP contribution in [0.3, 0.4) is 0 Å². The van der Waals surface area contributed by atoms with Crippen LogP contribution in [0.1, 0.15) is 30.7 Å². The molecule has 3 aromatic rings. The summed E-state index contributed by atoms with van der Waals surface area (Å²) in [6, 6.07) is 17.1. The minimum atomic E-state index is 1.02. The number of hydrogen-bond donors (Lipinski definition) is 0. The number of pyridine rings is 1. The van der Waals surface area contributed by atoms with Crippen molar-refractivity contribution in [2.45, 2.75) is 27.7 Å². The standard InChI is InChI=1S/C23H23N/c1-5-10-18(6-2)22-15-20(19-13-8-7-11-16(19)3)23-17(4)12-9-14-21(23)24-22/h5-15H,1-4H3/b10-5-,18-6+. The van der Waals surface area contributed by atoms with Crippen LogP contribution in [0.15, 0.2) is 66.8 Å². The Hall–Kier alpha value is -2.67. The maximum Gasteiger partial charge on any atom is 0.0718 e. The van der Waals surface area contributed by atoms with Crippen molar-refractivity contribution in [1.29, 1.82) is 0 Å². The summed E-state index contributed by atoms with van der Waals surface area (Å²) in [5, 5.41) is 1.24. The number of rotatable bonds is 3. The zero-order chi connectivity index (χ0) is 17.1. The molecule has 0 radical (unpaired) electrons. The van der Waals surface area contributed by atoms with Crippen LogP contribution in [0, 0.1) is 13.8 Å². The lowest BCUT2D eigenvalue weighted by molar-refractivity contribution is 1.33. The van der Waals surface area contributed by atoms with E-state index in [1.807, 2.05) is 6.92 Å². The van der Waals surface area contributed by atoms with E-state index in [1.54, 1.807) is 0 Å². The van der Waals surface area contributed by atoms with Gasteiger partial charge in [0.15, 0.2) is 0 Å². The molecule has 0 atom stereocenters. The van der Waals surface area contributed by atoms with Crippen molar-refractivity contribution in [3.63, 3.8) is 0 Å². The lowest BCUT2D eigenvalue weighted by Gasteiger charge is -2.14. The van der Waals surface area contributed by atoms with Gasteiger partial charge in [-0.15, -0.1) is 0 Å². The van der Waals surface area contributed by atoms with Crippen molar-refractivity contribution in [3.05, 3.63) is 83.6 Å². The second-order valence-corrected chi connectivity index (χ2v) is 6.08. The van der Waals surface area contributed by atoms with Crippen molar-refractivity contribution in [3.8, 4) is 11.1 Å². The molecule has 0 fully saturated rings. The maximum absolute atomic E-state index is 4.92. The van der Waals surface area contributed by atoms with Gasteiger partial charge in [-0.25, -0.2) is 4.98 Å². The molecule has 1 heteroatoms. The van der Waals surface area contributed by atoms with Crippen LogP contribution in [0.25, 0.3) is 27.6 Å². The number of fused-ring (bicyclic) bond motifs is 1. The SMILES string of the molecule is C/C=C\C(=C/C)c1cc(-c2ccccc2C)c2c(C)cccc2n1. The fourth-order valence-electron chi connectivity index (χ4n) is 3.21. The zero-order valence-electron chi connectivity index (χ0n) is 14.8. The maximum atomic E-state index is 4.92. The molecule has 0 bridgehead atoms. The molecule has 1 aromatic heterocycles. The molecule has 1 heterocycles. The monoisotopic (exact) mass is 313 g/mol. The minimum absolute atomic E-state index is 1.02.